The van der Waals surface area contributed by atoms with E-state index >= 15 is 0 Å². The normalized spacial score (nSPS) is 12.2. The van der Waals surface area contributed by atoms with Crippen LogP contribution in [0.25, 0.3) is 0 Å². The van der Waals surface area contributed by atoms with Crippen molar-refractivity contribution in [3.63, 3.8) is 0 Å². The fourth-order valence-electron chi connectivity index (χ4n) is 3.28. The van der Waals surface area contributed by atoms with Crippen LogP contribution in [0.4, 0.5) is 0 Å². The molecule has 0 radical (unpaired) electrons. The van der Waals surface area contributed by atoms with Crippen LogP contribution in [0, 0.1) is 6.92 Å². The predicted molar refractivity (Wildman–Crippen MR) is 120 cm³/mol. The number of rotatable bonds is 8. The summed E-state index contributed by atoms with van der Waals surface area (Å²) >= 11 is 0. The average molecular weight is 411 g/mol. The van der Waals surface area contributed by atoms with Crippen LogP contribution in [0.5, 0.6) is 5.75 Å². The van der Waals surface area contributed by atoms with Gasteiger partial charge >= 0.3 is 0 Å². The van der Waals surface area contributed by atoms with Crippen LogP contribution in [0.15, 0.2) is 48.5 Å². The molecule has 0 bridgehead atoms. The minimum Gasteiger partial charge on any atom is -0.497 e. The van der Waals surface area contributed by atoms with Crippen LogP contribution in [0.1, 0.15) is 50.8 Å². The van der Waals surface area contributed by atoms with E-state index in [-0.39, 0.29) is 23.8 Å². The lowest BCUT2D eigenvalue weighted by atomic mass is 10.0. The molecule has 1 atom stereocenters. The van der Waals surface area contributed by atoms with Crippen LogP contribution >= 0.6 is 0 Å². The molecule has 162 valence electrons. The molecular formula is C25H34N2O3. The second kappa shape index (κ2) is 10.3. The van der Waals surface area contributed by atoms with Gasteiger partial charge in [0.1, 0.15) is 11.8 Å². The average Bonchev–Trinajstić information content (AvgIpc) is 2.68. The standard InChI is InChI=1S/C25H34N2O3/c1-7-22(24(29)26-25(3,4)5)27(17-20-10-8-18(2)9-11-20)23(28)16-19-12-14-21(30-6)15-13-19/h8-15,22H,7,16-17H2,1-6H3,(H,26,29)/t22-/m0/s1. The van der Waals surface area contributed by atoms with E-state index in [2.05, 4.69) is 5.32 Å². The van der Waals surface area contributed by atoms with E-state index < -0.39 is 6.04 Å². The van der Waals surface area contributed by atoms with Crippen molar-refractivity contribution in [3.8, 4) is 5.75 Å². The summed E-state index contributed by atoms with van der Waals surface area (Å²) in [7, 11) is 1.61. The third kappa shape index (κ3) is 6.90. The highest BCUT2D eigenvalue weighted by molar-refractivity contribution is 5.88. The Morgan fingerprint density at radius 2 is 1.57 bits per heavy atom. The number of carbonyl (C=O) groups excluding carboxylic acids is 2. The number of aryl methyl sites for hydroxylation is 1. The van der Waals surface area contributed by atoms with Crippen molar-refractivity contribution < 1.29 is 14.3 Å². The van der Waals surface area contributed by atoms with Crippen LogP contribution in [-0.4, -0.2) is 35.4 Å². The molecule has 5 nitrogen and oxygen atoms in total. The molecule has 0 aliphatic rings. The van der Waals surface area contributed by atoms with Crippen molar-refractivity contribution in [2.75, 3.05) is 7.11 Å². The molecule has 2 aromatic carbocycles. The second-order valence-electron chi connectivity index (χ2n) is 8.70. The molecule has 0 saturated heterocycles. The summed E-state index contributed by atoms with van der Waals surface area (Å²) in [6, 6.07) is 15.0. The largest absolute Gasteiger partial charge is 0.497 e. The monoisotopic (exact) mass is 410 g/mol. The van der Waals surface area contributed by atoms with Gasteiger partial charge in [-0.25, -0.2) is 0 Å². The summed E-state index contributed by atoms with van der Waals surface area (Å²) in [5.41, 5.74) is 2.69. The lowest BCUT2D eigenvalue weighted by molar-refractivity contribution is -0.141. The number of ether oxygens (including phenoxy) is 1. The molecule has 0 unspecified atom stereocenters. The molecule has 0 heterocycles. The minimum absolute atomic E-state index is 0.0725. The fourth-order valence-corrected chi connectivity index (χ4v) is 3.28. The lowest BCUT2D eigenvalue weighted by Gasteiger charge is -2.33. The predicted octanol–water partition coefficient (Wildman–Crippen LogP) is 4.27. The molecule has 5 heteroatoms. The van der Waals surface area contributed by atoms with Crippen molar-refractivity contribution in [2.45, 2.75) is 65.6 Å². The molecule has 0 aliphatic carbocycles. The number of benzene rings is 2. The molecule has 0 fully saturated rings. The fraction of sp³-hybridized carbons (Fsp3) is 0.440. The molecule has 0 aromatic heterocycles. The minimum atomic E-state index is -0.531. The van der Waals surface area contributed by atoms with Crippen LogP contribution < -0.4 is 10.1 Å². The summed E-state index contributed by atoms with van der Waals surface area (Å²) < 4.78 is 5.20. The zero-order valence-corrected chi connectivity index (χ0v) is 19.0. The quantitative estimate of drug-likeness (QED) is 0.707. The summed E-state index contributed by atoms with van der Waals surface area (Å²) in [5.74, 6) is 0.551. The highest BCUT2D eigenvalue weighted by Crippen LogP contribution is 2.18. The van der Waals surface area contributed by atoms with Gasteiger partial charge in [-0.2, -0.15) is 0 Å². The Hall–Kier alpha value is -2.82. The summed E-state index contributed by atoms with van der Waals surface area (Å²) in [5, 5.41) is 3.03. The van der Waals surface area contributed by atoms with E-state index in [9.17, 15) is 9.59 Å². The molecule has 0 spiro atoms. The van der Waals surface area contributed by atoms with E-state index in [1.165, 1.54) is 0 Å². The summed E-state index contributed by atoms with van der Waals surface area (Å²) in [6.07, 6.45) is 0.775. The van der Waals surface area contributed by atoms with Crippen LogP contribution in [0.2, 0.25) is 0 Å². The highest BCUT2D eigenvalue weighted by atomic mass is 16.5. The first-order valence-electron chi connectivity index (χ1n) is 10.4. The Morgan fingerprint density at radius 1 is 1.00 bits per heavy atom. The Morgan fingerprint density at radius 3 is 2.07 bits per heavy atom. The zero-order valence-electron chi connectivity index (χ0n) is 19.0. The van der Waals surface area contributed by atoms with Gasteiger partial charge in [0.2, 0.25) is 11.8 Å². The number of methoxy groups -OCH3 is 1. The van der Waals surface area contributed by atoms with Gasteiger partial charge in [0.25, 0.3) is 0 Å². The van der Waals surface area contributed by atoms with Gasteiger partial charge in [0, 0.05) is 12.1 Å². The van der Waals surface area contributed by atoms with Crippen molar-refractivity contribution in [3.05, 3.63) is 65.2 Å². The van der Waals surface area contributed by atoms with Crippen molar-refractivity contribution in [1.82, 2.24) is 10.2 Å². The van der Waals surface area contributed by atoms with E-state index in [0.717, 1.165) is 22.4 Å². The van der Waals surface area contributed by atoms with Gasteiger partial charge < -0.3 is 15.0 Å². The van der Waals surface area contributed by atoms with Gasteiger partial charge in [-0.3, -0.25) is 9.59 Å². The summed E-state index contributed by atoms with van der Waals surface area (Å²) in [6.45, 7) is 10.2. The van der Waals surface area contributed by atoms with Gasteiger partial charge in [-0.15, -0.1) is 0 Å². The van der Waals surface area contributed by atoms with E-state index in [4.69, 9.17) is 4.74 Å². The number of carbonyl (C=O) groups is 2. The number of hydrogen-bond acceptors (Lipinski definition) is 3. The molecular weight excluding hydrogens is 376 g/mol. The third-order valence-electron chi connectivity index (χ3n) is 4.87. The van der Waals surface area contributed by atoms with Crippen molar-refractivity contribution >= 4 is 11.8 Å². The van der Waals surface area contributed by atoms with Gasteiger partial charge in [0.15, 0.2) is 0 Å². The molecule has 1 N–H and O–H groups in total. The van der Waals surface area contributed by atoms with Crippen LogP contribution in [0.3, 0.4) is 0 Å². The molecule has 30 heavy (non-hydrogen) atoms. The first-order valence-corrected chi connectivity index (χ1v) is 10.4. The molecule has 2 rings (SSSR count). The molecule has 0 aliphatic heterocycles. The Bertz CT molecular complexity index is 836. The van der Waals surface area contributed by atoms with Gasteiger partial charge in [0.05, 0.1) is 13.5 Å². The van der Waals surface area contributed by atoms with E-state index in [0.29, 0.717) is 13.0 Å². The number of nitrogens with one attached hydrogen (secondary N) is 1. The number of amides is 2. The SMILES string of the molecule is CC[C@@H](C(=O)NC(C)(C)C)N(Cc1ccc(C)cc1)C(=O)Cc1ccc(OC)cc1. The van der Waals surface area contributed by atoms with Crippen molar-refractivity contribution in [2.24, 2.45) is 0 Å². The van der Waals surface area contributed by atoms with E-state index in [1.54, 1.807) is 12.0 Å². The Labute approximate surface area is 180 Å². The second-order valence-corrected chi connectivity index (χ2v) is 8.70. The Balaban J connectivity index is 2.28. The maximum Gasteiger partial charge on any atom is 0.243 e. The molecule has 2 aromatic rings. The maximum absolute atomic E-state index is 13.3. The highest BCUT2D eigenvalue weighted by Gasteiger charge is 2.30. The Kier molecular flexibility index (Phi) is 8.04. The summed E-state index contributed by atoms with van der Waals surface area (Å²) in [4.78, 5) is 28.0. The van der Waals surface area contributed by atoms with Gasteiger partial charge in [-0.1, -0.05) is 48.9 Å². The maximum atomic E-state index is 13.3. The molecule has 0 saturated carbocycles. The number of hydrogen-bond donors (Lipinski definition) is 1. The topological polar surface area (TPSA) is 58.6 Å². The first-order chi connectivity index (χ1) is 14.1. The van der Waals surface area contributed by atoms with Crippen molar-refractivity contribution in [1.29, 1.82) is 0 Å². The first kappa shape index (κ1) is 23.5. The third-order valence-corrected chi connectivity index (χ3v) is 4.87. The lowest BCUT2D eigenvalue weighted by Crippen LogP contribution is -2.53. The smallest absolute Gasteiger partial charge is 0.243 e. The zero-order chi connectivity index (χ0) is 22.3. The van der Waals surface area contributed by atoms with Crippen LogP contribution in [-0.2, 0) is 22.6 Å². The molecule has 2 amide bonds. The van der Waals surface area contributed by atoms with Gasteiger partial charge in [-0.05, 0) is 57.4 Å². The van der Waals surface area contributed by atoms with E-state index in [1.807, 2.05) is 83.1 Å². The number of nitrogens with zero attached hydrogens (tertiary/aromatic N) is 1.